The highest BCUT2D eigenvalue weighted by atomic mass is 32.2. The Morgan fingerprint density at radius 2 is 1.22 bits per heavy atom. The average Bonchev–Trinajstić information content (AvgIpc) is 3.68. The van der Waals surface area contributed by atoms with Crippen LogP contribution < -0.4 is 20.1 Å². The van der Waals surface area contributed by atoms with Crippen molar-refractivity contribution < 1.29 is 23.3 Å². The molecule has 230 valence electrons. The molecule has 2 amide bonds. The van der Waals surface area contributed by atoms with E-state index in [4.69, 9.17) is 9.47 Å². The van der Waals surface area contributed by atoms with Crippen LogP contribution in [0.1, 0.15) is 21.0 Å². The molecule has 0 aliphatic heterocycles. The summed E-state index contributed by atoms with van der Waals surface area (Å²) in [6.45, 7) is 0. The second-order valence-corrected chi connectivity index (χ2v) is 13.7. The van der Waals surface area contributed by atoms with E-state index < -0.39 is 10.8 Å². The van der Waals surface area contributed by atoms with Crippen LogP contribution in [0.2, 0.25) is 0 Å². The maximum absolute atomic E-state index is 11.6. The minimum absolute atomic E-state index is 0.243. The first kappa shape index (κ1) is 32.0. The van der Waals surface area contributed by atoms with E-state index in [9.17, 15) is 13.8 Å². The third-order valence-corrected chi connectivity index (χ3v) is 10.3. The monoisotopic (exact) mass is 678 g/mol. The highest BCUT2D eigenvalue weighted by Gasteiger charge is 2.11. The van der Waals surface area contributed by atoms with Crippen LogP contribution >= 0.6 is 34.4 Å². The second-order valence-electron chi connectivity index (χ2n) is 8.99. The lowest BCUT2D eigenvalue weighted by Crippen LogP contribution is -2.18. The molecule has 0 bridgehead atoms. The number of aromatic nitrogens is 4. The van der Waals surface area contributed by atoms with Crippen molar-refractivity contribution in [3.63, 3.8) is 0 Å². The van der Waals surface area contributed by atoms with E-state index in [1.807, 2.05) is 36.6 Å². The molecule has 2 N–H and O–H groups in total. The summed E-state index contributed by atoms with van der Waals surface area (Å²) in [5.41, 5.74) is 2.35. The zero-order chi connectivity index (χ0) is 31.9. The van der Waals surface area contributed by atoms with Gasteiger partial charge in [-0.05, 0) is 42.7 Å². The number of benzene rings is 2. The van der Waals surface area contributed by atoms with Crippen LogP contribution in [0.4, 0.5) is 0 Å². The number of fused-ring (bicyclic) bond motifs is 2. The average molecular weight is 679 g/mol. The molecule has 4 aromatic heterocycles. The van der Waals surface area contributed by atoms with Crippen LogP contribution in [0.15, 0.2) is 81.7 Å². The van der Waals surface area contributed by atoms with Crippen molar-refractivity contribution in [3.05, 3.63) is 84.4 Å². The van der Waals surface area contributed by atoms with Gasteiger partial charge in [-0.1, -0.05) is 11.8 Å². The van der Waals surface area contributed by atoms with E-state index in [1.165, 1.54) is 17.5 Å². The van der Waals surface area contributed by atoms with E-state index >= 15 is 0 Å². The summed E-state index contributed by atoms with van der Waals surface area (Å²) in [4.78, 5) is 40.0. The lowest BCUT2D eigenvalue weighted by atomic mass is 10.3. The van der Waals surface area contributed by atoms with Crippen molar-refractivity contribution in [1.82, 2.24) is 30.6 Å². The van der Waals surface area contributed by atoms with Crippen LogP contribution in [0.25, 0.3) is 20.4 Å². The topological polar surface area (TPSA) is 145 Å². The van der Waals surface area contributed by atoms with Gasteiger partial charge < -0.3 is 20.1 Å². The minimum atomic E-state index is -1.10. The summed E-state index contributed by atoms with van der Waals surface area (Å²) in [5.74, 6) is 1.89. The third kappa shape index (κ3) is 7.99. The Labute approximate surface area is 272 Å². The number of nitrogens with one attached hydrogen (secondary N) is 2. The number of pyridine rings is 2. The van der Waals surface area contributed by atoms with Crippen molar-refractivity contribution in [2.24, 2.45) is 0 Å². The molecule has 0 radical (unpaired) electrons. The largest absolute Gasteiger partial charge is 0.457 e. The van der Waals surface area contributed by atoms with E-state index in [1.54, 1.807) is 80.0 Å². The van der Waals surface area contributed by atoms with Gasteiger partial charge in [0.1, 0.15) is 34.4 Å². The van der Waals surface area contributed by atoms with Gasteiger partial charge in [0.2, 0.25) is 0 Å². The smallest absolute Gasteiger partial charge is 0.269 e. The molecule has 0 saturated heterocycles. The lowest BCUT2D eigenvalue weighted by molar-refractivity contribution is 0.0950. The number of thiazole rings is 2. The number of carbonyl (C=O) groups is 2. The Morgan fingerprint density at radius 1 is 0.733 bits per heavy atom. The Bertz CT molecular complexity index is 2030. The normalized spacial score (nSPS) is 11.4. The van der Waals surface area contributed by atoms with Gasteiger partial charge in [-0.25, -0.2) is 9.97 Å². The SMILES string of the molecule is CNC(=O)c1cc(Oc2ccc3nc(S(C)=O)sc3c2)ccn1.CNC(=O)c1cc(Oc2ccc3nc(SC)sc3c2)ccn1. The van der Waals surface area contributed by atoms with E-state index in [0.29, 0.717) is 33.0 Å². The maximum Gasteiger partial charge on any atom is 0.269 e. The molecule has 11 nitrogen and oxygen atoms in total. The van der Waals surface area contributed by atoms with Gasteiger partial charge in [0.05, 0.1) is 31.2 Å². The maximum atomic E-state index is 11.6. The molecule has 0 spiro atoms. The van der Waals surface area contributed by atoms with Gasteiger partial charge in [-0.2, -0.15) is 0 Å². The number of carbonyl (C=O) groups excluding carboxylic acids is 2. The van der Waals surface area contributed by atoms with Gasteiger partial charge in [0.15, 0.2) is 8.68 Å². The zero-order valence-electron chi connectivity index (χ0n) is 24.4. The van der Waals surface area contributed by atoms with Gasteiger partial charge >= 0.3 is 0 Å². The quantitative estimate of drug-likeness (QED) is 0.180. The van der Waals surface area contributed by atoms with Gasteiger partial charge in [0.25, 0.3) is 11.8 Å². The van der Waals surface area contributed by atoms with Crippen molar-refractivity contribution in [1.29, 1.82) is 0 Å². The summed E-state index contributed by atoms with van der Waals surface area (Å²) in [5, 5.41) is 5.06. The Hall–Kier alpha value is -4.44. The summed E-state index contributed by atoms with van der Waals surface area (Å²) in [7, 11) is 2.01. The minimum Gasteiger partial charge on any atom is -0.457 e. The van der Waals surface area contributed by atoms with Crippen LogP contribution in [-0.2, 0) is 10.8 Å². The Morgan fingerprint density at radius 3 is 1.71 bits per heavy atom. The zero-order valence-corrected chi connectivity index (χ0v) is 27.7. The fraction of sp³-hybridized carbons (Fsp3) is 0.133. The molecule has 1 atom stereocenters. The van der Waals surface area contributed by atoms with E-state index in [-0.39, 0.29) is 17.5 Å². The lowest BCUT2D eigenvalue weighted by Gasteiger charge is -2.06. The predicted molar refractivity (Wildman–Crippen MR) is 179 cm³/mol. The molecular weight excluding hydrogens is 653 g/mol. The van der Waals surface area contributed by atoms with Gasteiger partial charge in [-0.3, -0.25) is 23.8 Å². The molecule has 45 heavy (non-hydrogen) atoms. The van der Waals surface area contributed by atoms with Crippen molar-refractivity contribution in [3.8, 4) is 23.0 Å². The summed E-state index contributed by atoms with van der Waals surface area (Å²) < 4.78 is 26.7. The fourth-order valence-corrected chi connectivity index (χ4v) is 7.04. The highest BCUT2D eigenvalue weighted by Crippen LogP contribution is 2.33. The van der Waals surface area contributed by atoms with Crippen LogP contribution in [0.3, 0.4) is 0 Å². The standard InChI is InChI=1S/C15H13N3O3S2.C15H13N3O2S2/c1-16-14(19)12-7-10(5-6-17-12)21-9-3-4-11-13(8-9)22-15(18-11)23(2)20;1-16-14(19)12-7-10(5-6-17-12)20-9-3-4-11-13(8-9)22-15(18-11)21-2/h3-8H,1-2H3,(H,16,19);3-8H,1-2H3,(H,16,19). The molecular formula is C30H26N6O5S4. The molecule has 6 aromatic rings. The fourth-order valence-electron chi connectivity index (χ4n) is 3.83. The molecule has 4 heterocycles. The number of ether oxygens (including phenoxy) is 2. The molecule has 0 aliphatic rings. The Balaban J connectivity index is 0.000000178. The van der Waals surface area contributed by atoms with Gasteiger partial charge in [-0.15, -0.1) is 22.7 Å². The van der Waals surface area contributed by atoms with Crippen molar-refractivity contribution >= 4 is 77.5 Å². The summed E-state index contributed by atoms with van der Waals surface area (Å²) in [6.07, 6.45) is 6.68. The number of thioether (sulfide) groups is 1. The number of rotatable bonds is 8. The van der Waals surface area contributed by atoms with E-state index in [0.717, 1.165) is 24.8 Å². The molecule has 0 fully saturated rings. The summed E-state index contributed by atoms with van der Waals surface area (Å²) >= 11 is 4.63. The molecule has 6 rings (SSSR count). The number of hydrogen-bond acceptors (Lipinski definition) is 12. The Kier molecular flexibility index (Phi) is 10.3. The third-order valence-electron chi connectivity index (χ3n) is 5.95. The second kappa shape index (κ2) is 14.6. The molecule has 15 heteroatoms. The molecule has 2 aromatic carbocycles. The molecule has 1 unspecified atom stereocenters. The summed E-state index contributed by atoms with van der Waals surface area (Å²) in [6, 6.07) is 17.8. The first-order chi connectivity index (χ1) is 21.8. The van der Waals surface area contributed by atoms with Crippen molar-refractivity contribution in [2.45, 2.75) is 8.68 Å². The number of nitrogens with zero attached hydrogens (tertiary/aromatic N) is 4. The van der Waals surface area contributed by atoms with E-state index in [2.05, 4.69) is 30.6 Å². The molecule has 0 saturated carbocycles. The predicted octanol–water partition coefficient (Wildman–Crippen LogP) is 6.15. The number of hydrogen-bond donors (Lipinski definition) is 2. The first-order valence-corrected chi connectivity index (χ1v) is 17.6. The van der Waals surface area contributed by atoms with Crippen LogP contribution in [0.5, 0.6) is 23.0 Å². The van der Waals surface area contributed by atoms with Crippen molar-refractivity contribution in [2.75, 3.05) is 26.6 Å². The highest BCUT2D eigenvalue weighted by molar-refractivity contribution is 8.00. The van der Waals surface area contributed by atoms with Gasteiger partial charge in [0, 0.05) is 57.0 Å². The number of amides is 2. The first-order valence-electron chi connectivity index (χ1n) is 13.2. The molecule has 0 aliphatic carbocycles. The van der Waals surface area contributed by atoms with Crippen LogP contribution in [-0.4, -0.2) is 62.6 Å². The van der Waals surface area contributed by atoms with Crippen LogP contribution in [0, 0.1) is 0 Å².